The molecular weight excluding hydrogens is 348 g/mol. The summed E-state index contributed by atoms with van der Waals surface area (Å²) in [4.78, 5) is 14.5. The van der Waals surface area contributed by atoms with Crippen molar-refractivity contribution in [3.8, 4) is 11.1 Å². The summed E-state index contributed by atoms with van der Waals surface area (Å²) in [6.45, 7) is 2.37. The summed E-state index contributed by atoms with van der Waals surface area (Å²) < 4.78 is 5.22. The highest BCUT2D eigenvalue weighted by Gasteiger charge is 2.18. The molecule has 2 N–H and O–H groups in total. The van der Waals surface area contributed by atoms with E-state index in [1.165, 1.54) is 6.33 Å². The number of nitrogens with one attached hydrogen (secondary N) is 2. The van der Waals surface area contributed by atoms with Gasteiger partial charge in [0.05, 0.1) is 11.4 Å². The van der Waals surface area contributed by atoms with Crippen LogP contribution in [0.1, 0.15) is 24.6 Å². The first-order valence-electron chi connectivity index (χ1n) is 8.20. The van der Waals surface area contributed by atoms with E-state index in [0.717, 1.165) is 33.0 Å². The van der Waals surface area contributed by atoms with Crippen LogP contribution < -0.4 is 5.32 Å². The summed E-state index contributed by atoms with van der Waals surface area (Å²) >= 11 is 1.61. The molecule has 132 valence electrons. The summed E-state index contributed by atoms with van der Waals surface area (Å²) in [6.07, 6.45) is 1.50. The SMILES string of the molecule is COCc1nc(NC(C)c2ncn[nH]2)c2c(-c3ccccc3)csc2n1. The van der Waals surface area contributed by atoms with Crippen LogP contribution in [0.2, 0.25) is 0 Å². The van der Waals surface area contributed by atoms with Crippen LogP contribution in [0, 0.1) is 0 Å². The summed E-state index contributed by atoms with van der Waals surface area (Å²) in [6, 6.07) is 10.2. The van der Waals surface area contributed by atoms with Gasteiger partial charge in [-0.3, -0.25) is 5.10 Å². The quantitative estimate of drug-likeness (QED) is 0.540. The van der Waals surface area contributed by atoms with Crippen molar-refractivity contribution in [3.05, 3.63) is 53.7 Å². The van der Waals surface area contributed by atoms with E-state index in [2.05, 4.69) is 43.0 Å². The van der Waals surface area contributed by atoms with Crippen molar-refractivity contribution in [1.82, 2.24) is 25.1 Å². The molecule has 1 aromatic carbocycles. The highest BCUT2D eigenvalue weighted by Crippen LogP contribution is 2.37. The number of ether oxygens (including phenoxy) is 1. The normalized spacial score (nSPS) is 12.4. The zero-order chi connectivity index (χ0) is 17.9. The molecular formula is C18H18N6OS. The van der Waals surface area contributed by atoms with Gasteiger partial charge in [0.15, 0.2) is 5.82 Å². The second kappa shape index (κ2) is 7.19. The molecule has 0 spiro atoms. The number of hydrogen-bond donors (Lipinski definition) is 2. The first kappa shape index (κ1) is 16.6. The predicted molar refractivity (Wildman–Crippen MR) is 102 cm³/mol. The first-order valence-corrected chi connectivity index (χ1v) is 9.08. The van der Waals surface area contributed by atoms with Gasteiger partial charge in [-0.25, -0.2) is 15.0 Å². The minimum absolute atomic E-state index is 0.0745. The number of methoxy groups -OCH3 is 1. The second-order valence-electron chi connectivity index (χ2n) is 5.85. The molecule has 8 heteroatoms. The lowest BCUT2D eigenvalue weighted by Crippen LogP contribution is -2.11. The molecule has 4 aromatic rings. The van der Waals surface area contributed by atoms with Crippen LogP contribution in [0.25, 0.3) is 21.3 Å². The van der Waals surface area contributed by atoms with Gasteiger partial charge in [-0.15, -0.1) is 11.3 Å². The van der Waals surface area contributed by atoms with Gasteiger partial charge >= 0.3 is 0 Å². The molecule has 7 nitrogen and oxygen atoms in total. The van der Waals surface area contributed by atoms with Crippen LogP contribution in [-0.2, 0) is 11.3 Å². The van der Waals surface area contributed by atoms with Crippen LogP contribution in [0.4, 0.5) is 5.82 Å². The van der Waals surface area contributed by atoms with Crippen molar-refractivity contribution in [3.63, 3.8) is 0 Å². The van der Waals surface area contributed by atoms with Gasteiger partial charge < -0.3 is 10.1 Å². The van der Waals surface area contributed by atoms with Gasteiger partial charge in [-0.05, 0) is 12.5 Å². The number of H-pyrrole nitrogens is 1. The lowest BCUT2D eigenvalue weighted by atomic mass is 10.1. The third-order valence-electron chi connectivity index (χ3n) is 4.04. The van der Waals surface area contributed by atoms with E-state index in [9.17, 15) is 0 Å². The Morgan fingerprint density at radius 2 is 2.08 bits per heavy atom. The number of fused-ring (bicyclic) bond motifs is 1. The van der Waals surface area contributed by atoms with Crippen molar-refractivity contribution in [2.24, 2.45) is 0 Å². The van der Waals surface area contributed by atoms with Gasteiger partial charge in [-0.2, -0.15) is 5.10 Å². The Kier molecular flexibility index (Phi) is 4.59. The fourth-order valence-corrected chi connectivity index (χ4v) is 3.78. The maximum Gasteiger partial charge on any atom is 0.158 e. The second-order valence-corrected chi connectivity index (χ2v) is 6.71. The summed E-state index contributed by atoms with van der Waals surface area (Å²) in [5.41, 5.74) is 2.25. The van der Waals surface area contributed by atoms with Gasteiger partial charge in [0.25, 0.3) is 0 Å². The molecule has 3 heterocycles. The van der Waals surface area contributed by atoms with Crippen LogP contribution in [0.3, 0.4) is 0 Å². The number of hydrogen-bond acceptors (Lipinski definition) is 7. The molecule has 0 fully saturated rings. The smallest absolute Gasteiger partial charge is 0.158 e. The number of thiophene rings is 1. The summed E-state index contributed by atoms with van der Waals surface area (Å²) in [5, 5.41) is 13.4. The van der Waals surface area contributed by atoms with Gasteiger partial charge in [-0.1, -0.05) is 30.3 Å². The maximum atomic E-state index is 5.22. The minimum Gasteiger partial charge on any atom is -0.377 e. The molecule has 1 atom stereocenters. The Morgan fingerprint density at radius 1 is 1.23 bits per heavy atom. The van der Waals surface area contributed by atoms with Gasteiger partial charge in [0.2, 0.25) is 0 Å². The topological polar surface area (TPSA) is 88.6 Å². The average molecular weight is 366 g/mol. The third kappa shape index (κ3) is 3.16. The molecule has 0 saturated heterocycles. The molecule has 1 unspecified atom stereocenters. The summed E-state index contributed by atoms with van der Waals surface area (Å²) in [5.74, 6) is 2.17. The average Bonchev–Trinajstić information content (AvgIpc) is 3.33. The Balaban J connectivity index is 1.83. The molecule has 26 heavy (non-hydrogen) atoms. The predicted octanol–water partition coefficient (Wildman–Crippen LogP) is 3.80. The number of nitrogens with zero attached hydrogens (tertiary/aromatic N) is 4. The molecule has 4 rings (SSSR count). The van der Waals surface area contributed by atoms with Crippen molar-refractivity contribution in [1.29, 1.82) is 0 Å². The number of rotatable bonds is 6. The number of benzene rings is 1. The molecule has 3 aromatic heterocycles. The minimum atomic E-state index is -0.0745. The van der Waals surface area contributed by atoms with E-state index < -0.39 is 0 Å². The number of anilines is 1. The lowest BCUT2D eigenvalue weighted by Gasteiger charge is -2.14. The highest BCUT2D eigenvalue weighted by molar-refractivity contribution is 7.17. The Morgan fingerprint density at radius 3 is 2.81 bits per heavy atom. The molecule has 0 bridgehead atoms. The van der Waals surface area contributed by atoms with Gasteiger partial charge in [0.1, 0.15) is 29.4 Å². The molecule has 0 aliphatic heterocycles. The largest absolute Gasteiger partial charge is 0.377 e. The van der Waals surface area contributed by atoms with Crippen LogP contribution >= 0.6 is 11.3 Å². The maximum absolute atomic E-state index is 5.22. The Labute approximate surface area is 154 Å². The molecule has 0 aliphatic rings. The van der Waals surface area contributed by atoms with E-state index in [1.807, 2.05) is 25.1 Å². The lowest BCUT2D eigenvalue weighted by molar-refractivity contribution is 0.178. The highest BCUT2D eigenvalue weighted by atomic mass is 32.1. The number of aromatic amines is 1. The van der Waals surface area contributed by atoms with Crippen LogP contribution in [0.5, 0.6) is 0 Å². The first-order chi connectivity index (χ1) is 12.8. The zero-order valence-electron chi connectivity index (χ0n) is 14.4. The van der Waals surface area contributed by atoms with Crippen molar-refractivity contribution in [2.75, 3.05) is 12.4 Å². The van der Waals surface area contributed by atoms with Gasteiger partial charge in [0, 0.05) is 18.1 Å². The van der Waals surface area contributed by atoms with E-state index in [1.54, 1.807) is 18.4 Å². The van der Waals surface area contributed by atoms with Crippen LogP contribution in [-0.4, -0.2) is 32.3 Å². The van der Waals surface area contributed by atoms with E-state index in [0.29, 0.717) is 12.4 Å². The van der Waals surface area contributed by atoms with E-state index in [4.69, 9.17) is 9.72 Å². The van der Waals surface area contributed by atoms with Crippen molar-refractivity contribution in [2.45, 2.75) is 19.6 Å². The molecule has 0 amide bonds. The standard InChI is InChI=1S/C18H18N6OS/c1-11(16-19-10-20-24-16)21-17-15-13(12-6-4-3-5-7-12)9-26-18(15)23-14(22-17)8-25-2/h3-7,9-11H,8H2,1-2H3,(H,19,20,24)(H,21,22,23). The van der Waals surface area contributed by atoms with E-state index in [-0.39, 0.29) is 6.04 Å². The molecule has 0 aliphatic carbocycles. The van der Waals surface area contributed by atoms with Crippen LogP contribution in [0.15, 0.2) is 42.0 Å². The molecule has 0 radical (unpaired) electrons. The Bertz CT molecular complexity index is 999. The van der Waals surface area contributed by atoms with E-state index >= 15 is 0 Å². The monoisotopic (exact) mass is 366 g/mol. The van der Waals surface area contributed by atoms with Crippen molar-refractivity contribution >= 4 is 27.4 Å². The number of aromatic nitrogens is 5. The fourth-order valence-electron chi connectivity index (χ4n) is 2.81. The Hall–Kier alpha value is -2.84. The fraction of sp³-hybridized carbons (Fsp3) is 0.222. The van der Waals surface area contributed by atoms with Crippen molar-refractivity contribution < 1.29 is 4.74 Å². The molecule has 0 saturated carbocycles. The zero-order valence-corrected chi connectivity index (χ0v) is 15.2. The third-order valence-corrected chi connectivity index (χ3v) is 4.91. The summed E-state index contributed by atoms with van der Waals surface area (Å²) in [7, 11) is 1.64.